The second-order valence-corrected chi connectivity index (χ2v) is 8.31. The van der Waals surface area contributed by atoms with Gasteiger partial charge in [-0.1, -0.05) is 17.7 Å². The molecule has 1 N–H and O–H groups in total. The zero-order valence-corrected chi connectivity index (χ0v) is 13.4. The Morgan fingerprint density at radius 1 is 1.29 bits per heavy atom. The molecular weight excluding hydrogens is 360 g/mol. The van der Waals surface area contributed by atoms with Gasteiger partial charge in [0.15, 0.2) is 0 Å². The topological polar surface area (TPSA) is 63.2 Å². The normalized spacial score (nSPS) is 11.4. The minimum atomic E-state index is -3.79. The molecule has 21 heavy (non-hydrogen) atoms. The van der Waals surface area contributed by atoms with Crippen molar-refractivity contribution >= 4 is 48.6 Å². The first-order valence-electron chi connectivity index (χ1n) is 5.54. The third-order valence-corrected chi connectivity index (χ3v) is 5.98. The molecule has 9 heteroatoms. The maximum atomic E-state index is 13.5. The Labute approximate surface area is 133 Å². The van der Waals surface area contributed by atoms with Crippen LogP contribution in [0.2, 0.25) is 5.02 Å². The first-order valence-corrected chi connectivity index (χ1v) is 9.05. The predicted molar refractivity (Wildman–Crippen MR) is 79.9 cm³/mol. The van der Waals surface area contributed by atoms with E-state index in [0.29, 0.717) is 4.88 Å². The van der Waals surface area contributed by atoms with Crippen molar-refractivity contribution in [3.8, 4) is 0 Å². The second kappa shape index (κ2) is 6.31. The average molecular weight is 368 g/mol. The molecule has 1 aromatic carbocycles. The summed E-state index contributed by atoms with van der Waals surface area (Å²) in [6.07, 6.45) is 0. The minimum absolute atomic E-state index is 0.00250. The fraction of sp³-hybridized carbons (Fsp3) is 0.0833. The molecule has 0 bridgehead atoms. The molecule has 0 saturated carbocycles. The lowest BCUT2D eigenvalue weighted by molar-refractivity contribution is 0.0947. The van der Waals surface area contributed by atoms with Gasteiger partial charge in [-0.05, 0) is 24.3 Å². The number of rotatable bonds is 4. The predicted octanol–water partition coefficient (Wildman–Crippen LogP) is 3.40. The SMILES string of the molecule is O=C(NCc1ccc(S(=O)(=O)Cl)s1)c1c(F)cccc1Cl. The fourth-order valence-corrected chi connectivity index (χ4v) is 3.87. The van der Waals surface area contributed by atoms with Gasteiger partial charge in [0.1, 0.15) is 10.0 Å². The van der Waals surface area contributed by atoms with Crippen LogP contribution >= 0.6 is 33.6 Å². The number of halogens is 3. The quantitative estimate of drug-likeness (QED) is 0.842. The lowest BCUT2D eigenvalue weighted by Gasteiger charge is -2.06. The van der Waals surface area contributed by atoms with E-state index in [9.17, 15) is 17.6 Å². The molecule has 1 amide bonds. The van der Waals surface area contributed by atoms with Gasteiger partial charge in [0.25, 0.3) is 15.0 Å². The van der Waals surface area contributed by atoms with E-state index in [1.54, 1.807) is 0 Å². The van der Waals surface area contributed by atoms with Crippen molar-refractivity contribution in [2.24, 2.45) is 0 Å². The van der Waals surface area contributed by atoms with Crippen LogP contribution in [-0.2, 0) is 15.6 Å². The lowest BCUT2D eigenvalue weighted by atomic mass is 10.2. The highest BCUT2D eigenvalue weighted by Gasteiger charge is 2.17. The first-order chi connectivity index (χ1) is 9.79. The lowest BCUT2D eigenvalue weighted by Crippen LogP contribution is -2.23. The summed E-state index contributed by atoms with van der Waals surface area (Å²) in [6, 6.07) is 6.78. The number of nitrogens with one attached hydrogen (secondary N) is 1. The Bertz CT molecular complexity index is 769. The summed E-state index contributed by atoms with van der Waals surface area (Å²) >= 11 is 6.70. The van der Waals surface area contributed by atoms with Crippen molar-refractivity contribution in [3.05, 3.63) is 51.6 Å². The zero-order chi connectivity index (χ0) is 15.6. The molecule has 0 atom stereocenters. The monoisotopic (exact) mass is 367 g/mol. The van der Waals surface area contributed by atoms with Crippen LogP contribution in [0.15, 0.2) is 34.5 Å². The van der Waals surface area contributed by atoms with Crippen molar-refractivity contribution < 1.29 is 17.6 Å². The van der Waals surface area contributed by atoms with Gasteiger partial charge < -0.3 is 5.32 Å². The molecular formula is C12H8Cl2FNO3S2. The van der Waals surface area contributed by atoms with E-state index in [4.69, 9.17) is 22.3 Å². The van der Waals surface area contributed by atoms with Crippen LogP contribution in [0.25, 0.3) is 0 Å². The van der Waals surface area contributed by atoms with E-state index in [1.807, 2.05) is 0 Å². The number of carbonyl (C=O) groups excluding carboxylic acids is 1. The standard InChI is InChI=1S/C12H8Cl2FNO3S2/c13-8-2-1-3-9(15)11(8)12(17)16-6-7-4-5-10(20-7)21(14,18)19/h1-5H,6H2,(H,16,17). The summed E-state index contributed by atoms with van der Waals surface area (Å²) in [5.74, 6) is -1.41. The van der Waals surface area contributed by atoms with Gasteiger partial charge in [-0.2, -0.15) is 0 Å². The summed E-state index contributed by atoms with van der Waals surface area (Å²) in [6.45, 7) is 0.0422. The van der Waals surface area contributed by atoms with Crippen LogP contribution in [0.4, 0.5) is 4.39 Å². The third-order valence-electron chi connectivity index (χ3n) is 2.49. The molecule has 112 valence electrons. The van der Waals surface area contributed by atoms with Crippen LogP contribution in [0.1, 0.15) is 15.2 Å². The highest BCUT2D eigenvalue weighted by molar-refractivity contribution is 8.15. The van der Waals surface area contributed by atoms with Gasteiger partial charge in [-0.15, -0.1) is 11.3 Å². The van der Waals surface area contributed by atoms with E-state index >= 15 is 0 Å². The van der Waals surface area contributed by atoms with E-state index in [1.165, 1.54) is 24.3 Å². The van der Waals surface area contributed by atoms with E-state index in [0.717, 1.165) is 17.4 Å². The van der Waals surface area contributed by atoms with E-state index < -0.39 is 20.8 Å². The van der Waals surface area contributed by atoms with E-state index in [-0.39, 0.29) is 21.3 Å². The molecule has 2 aromatic rings. The fourth-order valence-electron chi connectivity index (χ4n) is 1.55. The van der Waals surface area contributed by atoms with Gasteiger partial charge >= 0.3 is 0 Å². The second-order valence-electron chi connectivity index (χ2n) is 3.94. The number of hydrogen-bond acceptors (Lipinski definition) is 4. The van der Waals surface area contributed by atoms with Crippen molar-refractivity contribution in [2.75, 3.05) is 0 Å². The minimum Gasteiger partial charge on any atom is -0.347 e. The molecule has 2 rings (SSSR count). The molecule has 0 fully saturated rings. The molecule has 0 aliphatic rings. The molecule has 1 aromatic heterocycles. The molecule has 0 saturated heterocycles. The van der Waals surface area contributed by atoms with Gasteiger partial charge in [0.05, 0.1) is 17.1 Å². The zero-order valence-electron chi connectivity index (χ0n) is 10.3. The smallest absolute Gasteiger partial charge is 0.270 e. The highest BCUT2D eigenvalue weighted by Crippen LogP contribution is 2.25. The van der Waals surface area contributed by atoms with Gasteiger partial charge in [-0.3, -0.25) is 4.79 Å². The largest absolute Gasteiger partial charge is 0.347 e. The van der Waals surface area contributed by atoms with Crippen molar-refractivity contribution in [3.63, 3.8) is 0 Å². The Morgan fingerprint density at radius 2 is 2.00 bits per heavy atom. The van der Waals surface area contributed by atoms with E-state index in [2.05, 4.69) is 5.32 Å². The van der Waals surface area contributed by atoms with Crippen LogP contribution in [-0.4, -0.2) is 14.3 Å². The Hall–Kier alpha value is -1.15. The number of benzene rings is 1. The molecule has 0 aliphatic carbocycles. The summed E-state index contributed by atoms with van der Waals surface area (Å²) in [4.78, 5) is 12.5. The van der Waals surface area contributed by atoms with Crippen molar-refractivity contribution in [2.45, 2.75) is 10.8 Å². The average Bonchev–Trinajstić information content (AvgIpc) is 2.84. The Kier molecular flexibility index (Phi) is 4.88. The number of hydrogen-bond donors (Lipinski definition) is 1. The Balaban J connectivity index is 2.10. The summed E-state index contributed by atoms with van der Waals surface area (Å²) in [5.41, 5.74) is -0.249. The van der Waals surface area contributed by atoms with Crippen LogP contribution in [0.3, 0.4) is 0 Å². The maximum Gasteiger partial charge on any atom is 0.270 e. The number of carbonyl (C=O) groups is 1. The first kappa shape index (κ1) is 16.2. The molecule has 0 spiro atoms. The van der Waals surface area contributed by atoms with Crippen molar-refractivity contribution in [1.82, 2.24) is 5.32 Å². The molecule has 4 nitrogen and oxygen atoms in total. The molecule has 0 aliphatic heterocycles. The summed E-state index contributed by atoms with van der Waals surface area (Å²) < 4.78 is 35.8. The summed E-state index contributed by atoms with van der Waals surface area (Å²) in [7, 11) is 1.41. The Morgan fingerprint density at radius 3 is 2.57 bits per heavy atom. The highest BCUT2D eigenvalue weighted by atomic mass is 35.7. The van der Waals surface area contributed by atoms with Gasteiger partial charge in [0, 0.05) is 15.6 Å². The van der Waals surface area contributed by atoms with Crippen LogP contribution in [0, 0.1) is 5.82 Å². The molecule has 1 heterocycles. The third kappa shape index (κ3) is 3.94. The van der Waals surface area contributed by atoms with Gasteiger partial charge in [-0.25, -0.2) is 12.8 Å². The van der Waals surface area contributed by atoms with Gasteiger partial charge in [0.2, 0.25) is 0 Å². The van der Waals surface area contributed by atoms with Crippen LogP contribution in [0.5, 0.6) is 0 Å². The summed E-state index contributed by atoms with van der Waals surface area (Å²) in [5, 5.41) is 2.47. The molecule has 0 unspecified atom stereocenters. The number of amides is 1. The number of thiophene rings is 1. The maximum absolute atomic E-state index is 13.5. The molecule has 0 radical (unpaired) electrons. The van der Waals surface area contributed by atoms with Crippen LogP contribution < -0.4 is 5.32 Å². The van der Waals surface area contributed by atoms with Crippen molar-refractivity contribution in [1.29, 1.82) is 0 Å².